The molecule has 1 aromatic carbocycles. The smallest absolute Gasteiger partial charge is 0.0537 e. The van der Waals surface area contributed by atoms with Crippen LogP contribution in [0.4, 0.5) is 0 Å². The van der Waals surface area contributed by atoms with Crippen LogP contribution >= 0.6 is 0 Å². The maximum absolute atomic E-state index is 4.25. The van der Waals surface area contributed by atoms with Crippen molar-refractivity contribution >= 4 is 0 Å². The first-order valence-electron chi connectivity index (χ1n) is 7.73. The quantitative estimate of drug-likeness (QED) is 0.762. The van der Waals surface area contributed by atoms with E-state index >= 15 is 0 Å². The normalized spacial score (nSPS) is 11.9. The number of benzene rings is 1. The highest BCUT2D eigenvalue weighted by molar-refractivity contribution is 5.37. The average Bonchev–Trinajstić information content (AvgIpc) is 2.36. The number of aromatic nitrogens is 2. The lowest BCUT2D eigenvalue weighted by atomic mass is 9.83. The summed E-state index contributed by atoms with van der Waals surface area (Å²) in [7, 11) is 2.02. The van der Waals surface area contributed by atoms with Crippen molar-refractivity contribution < 1.29 is 0 Å². The molecule has 0 radical (unpaired) electrons. The van der Waals surface area contributed by atoms with Crippen LogP contribution in [0.15, 0.2) is 36.5 Å². The molecule has 0 saturated heterocycles. The van der Waals surface area contributed by atoms with Gasteiger partial charge in [-0.1, -0.05) is 51.1 Å². The summed E-state index contributed by atoms with van der Waals surface area (Å²) in [6, 6.07) is 6.67. The fourth-order valence-electron chi connectivity index (χ4n) is 2.61. The third-order valence-corrected chi connectivity index (χ3v) is 4.37. The summed E-state index contributed by atoms with van der Waals surface area (Å²) in [5.74, 6) is 0. The van der Waals surface area contributed by atoms with Crippen molar-refractivity contribution in [3.8, 4) is 0 Å². The standard InChI is InChI=1S/C19H28N2/c1-14(19(3,4)5)10-11-16-8-7-9-17(15(16)2)12-18-13-21(6)20-18/h7-9,13,20H,1,10-12H2,2-6H3. The summed E-state index contributed by atoms with van der Waals surface area (Å²) in [6.07, 6.45) is 5.29. The second-order valence-electron chi connectivity index (χ2n) is 7.11. The molecule has 0 aliphatic rings. The van der Waals surface area contributed by atoms with Crippen LogP contribution in [0.25, 0.3) is 0 Å². The minimum atomic E-state index is 0.205. The van der Waals surface area contributed by atoms with E-state index in [9.17, 15) is 0 Å². The van der Waals surface area contributed by atoms with Crippen LogP contribution in [0, 0.1) is 12.3 Å². The van der Waals surface area contributed by atoms with Crippen LogP contribution in [-0.2, 0) is 19.9 Å². The molecule has 0 fully saturated rings. The van der Waals surface area contributed by atoms with Crippen molar-refractivity contribution in [3.63, 3.8) is 0 Å². The molecule has 1 aromatic heterocycles. The Kier molecular flexibility index (Phi) is 4.46. The lowest BCUT2D eigenvalue weighted by molar-refractivity contribution is 0.484. The molecule has 2 rings (SSSR count). The highest BCUT2D eigenvalue weighted by Gasteiger charge is 2.15. The van der Waals surface area contributed by atoms with Gasteiger partial charge >= 0.3 is 0 Å². The summed E-state index contributed by atoms with van der Waals surface area (Å²) in [6.45, 7) is 13.2. The monoisotopic (exact) mass is 284 g/mol. The Balaban J connectivity index is 2.06. The van der Waals surface area contributed by atoms with E-state index in [1.165, 1.54) is 28.0 Å². The van der Waals surface area contributed by atoms with Gasteiger partial charge in [-0.2, -0.15) is 0 Å². The molecular formula is C19H28N2. The van der Waals surface area contributed by atoms with Gasteiger partial charge in [0.15, 0.2) is 0 Å². The zero-order chi connectivity index (χ0) is 15.6. The molecule has 2 nitrogen and oxygen atoms in total. The van der Waals surface area contributed by atoms with Crippen molar-refractivity contribution in [2.24, 2.45) is 12.5 Å². The number of hydrogen-bond acceptors (Lipinski definition) is 0. The summed E-state index contributed by atoms with van der Waals surface area (Å²) in [5.41, 5.74) is 7.12. The van der Waals surface area contributed by atoms with E-state index in [-0.39, 0.29) is 5.41 Å². The summed E-state index contributed by atoms with van der Waals surface area (Å²) in [5, 5.41) is 3.29. The van der Waals surface area contributed by atoms with E-state index in [4.69, 9.17) is 0 Å². The van der Waals surface area contributed by atoms with E-state index in [0.29, 0.717) is 0 Å². The van der Waals surface area contributed by atoms with E-state index in [0.717, 1.165) is 19.3 Å². The van der Waals surface area contributed by atoms with Gasteiger partial charge in [-0.15, -0.1) is 0 Å². The molecule has 0 unspecified atom stereocenters. The lowest BCUT2D eigenvalue weighted by Gasteiger charge is -2.22. The van der Waals surface area contributed by atoms with Gasteiger partial charge in [0, 0.05) is 19.7 Å². The number of rotatable bonds is 5. The van der Waals surface area contributed by atoms with Crippen molar-refractivity contribution in [2.75, 3.05) is 0 Å². The largest absolute Gasteiger partial charge is 0.301 e. The van der Waals surface area contributed by atoms with Crippen LogP contribution in [0.3, 0.4) is 0 Å². The second-order valence-corrected chi connectivity index (χ2v) is 7.11. The number of aryl methyl sites for hydroxylation is 2. The topological polar surface area (TPSA) is 20.7 Å². The molecule has 114 valence electrons. The van der Waals surface area contributed by atoms with Crippen LogP contribution in [0.2, 0.25) is 0 Å². The second kappa shape index (κ2) is 5.97. The van der Waals surface area contributed by atoms with Gasteiger partial charge in [0.1, 0.15) is 0 Å². The molecular weight excluding hydrogens is 256 g/mol. The Morgan fingerprint density at radius 2 is 1.86 bits per heavy atom. The van der Waals surface area contributed by atoms with Crippen LogP contribution < -0.4 is 0 Å². The van der Waals surface area contributed by atoms with Crippen molar-refractivity contribution in [1.29, 1.82) is 0 Å². The van der Waals surface area contributed by atoms with E-state index in [2.05, 4.69) is 63.8 Å². The molecule has 2 heteroatoms. The van der Waals surface area contributed by atoms with Crippen LogP contribution in [0.5, 0.6) is 0 Å². The zero-order valence-electron chi connectivity index (χ0n) is 14.1. The number of hydrogen-bond donors (Lipinski definition) is 1. The van der Waals surface area contributed by atoms with Gasteiger partial charge in [-0.05, 0) is 41.9 Å². The molecule has 0 amide bonds. The first kappa shape index (κ1) is 15.7. The number of allylic oxidation sites excluding steroid dienone is 1. The fourth-order valence-corrected chi connectivity index (χ4v) is 2.61. The Labute approximate surface area is 128 Å². The molecule has 0 atom stereocenters. The Bertz CT molecular complexity index is 608. The first-order chi connectivity index (χ1) is 9.77. The maximum Gasteiger partial charge on any atom is 0.0537 e. The van der Waals surface area contributed by atoms with E-state index in [1.54, 1.807) is 0 Å². The molecule has 1 heterocycles. The molecule has 0 saturated carbocycles. The molecule has 2 aromatic rings. The molecule has 0 aliphatic heterocycles. The van der Waals surface area contributed by atoms with Gasteiger partial charge in [-0.25, -0.2) is 0 Å². The zero-order valence-corrected chi connectivity index (χ0v) is 14.1. The van der Waals surface area contributed by atoms with Gasteiger partial charge in [0.05, 0.1) is 5.69 Å². The van der Waals surface area contributed by atoms with E-state index < -0.39 is 0 Å². The number of aromatic amines is 1. The Morgan fingerprint density at radius 1 is 1.24 bits per heavy atom. The number of nitrogens with one attached hydrogen (secondary N) is 1. The third kappa shape index (κ3) is 3.90. The van der Waals surface area contributed by atoms with Gasteiger partial charge in [-0.3, -0.25) is 4.68 Å². The predicted molar refractivity (Wildman–Crippen MR) is 90.7 cm³/mol. The van der Waals surface area contributed by atoms with Crippen molar-refractivity contribution in [2.45, 2.75) is 47.0 Å². The summed E-state index contributed by atoms with van der Waals surface area (Å²) >= 11 is 0. The van der Waals surface area contributed by atoms with Crippen molar-refractivity contribution in [3.05, 3.63) is 58.9 Å². The predicted octanol–water partition coefficient (Wildman–Crippen LogP) is 4.79. The highest BCUT2D eigenvalue weighted by atomic mass is 15.3. The third-order valence-electron chi connectivity index (χ3n) is 4.37. The highest BCUT2D eigenvalue weighted by Crippen LogP contribution is 2.28. The number of H-pyrrole nitrogens is 1. The molecule has 0 spiro atoms. The molecule has 21 heavy (non-hydrogen) atoms. The van der Waals surface area contributed by atoms with Crippen molar-refractivity contribution in [1.82, 2.24) is 9.78 Å². The lowest BCUT2D eigenvalue weighted by Crippen LogP contribution is -2.11. The minimum absolute atomic E-state index is 0.205. The Morgan fingerprint density at radius 3 is 2.43 bits per heavy atom. The van der Waals surface area contributed by atoms with Gasteiger partial charge in [0.2, 0.25) is 0 Å². The molecule has 0 bridgehead atoms. The van der Waals surface area contributed by atoms with Crippen LogP contribution in [-0.4, -0.2) is 9.78 Å². The Hall–Kier alpha value is -1.70. The van der Waals surface area contributed by atoms with Crippen LogP contribution in [0.1, 0.15) is 49.6 Å². The number of nitrogens with zero attached hydrogens (tertiary/aromatic N) is 1. The molecule has 1 N–H and O–H groups in total. The fraction of sp³-hybridized carbons (Fsp3) is 0.474. The SMILES string of the molecule is C=C(CCc1cccc(Cc2cn(C)[nH]2)c1C)C(C)(C)C. The minimum Gasteiger partial charge on any atom is -0.301 e. The van der Waals surface area contributed by atoms with Gasteiger partial charge in [0.25, 0.3) is 0 Å². The van der Waals surface area contributed by atoms with E-state index in [1.807, 2.05) is 11.7 Å². The summed E-state index contributed by atoms with van der Waals surface area (Å²) < 4.78 is 1.99. The first-order valence-corrected chi connectivity index (χ1v) is 7.73. The maximum atomic E-state index is 4.25. The average molecular weight is 284 g/mol. The van der Waals surface area contributed by atoms with Gasteiger partial charge < -0.3 is 5.10 Å². The summed E-state index contributed by atoms with van der Waals surface area (Å²) in [4.78, 5) is 0. The molecule has 0 aliphatic carbocycles.